The minimum absolute atomic E-state index is 0.0341. The Morgan fingerprint density at radius 3 is 2.65 bits per heavy atom. The molecule has 10 heteroatoms. The molecule has 9 nitrogen and oxygen atoms in total. The van der Waals surface area contributed by atoms with Crippen molar-refractivity contribution in [3.8, 4) is 0 Å². The third-order valence-electron chi connectivity index (χ3n) is 4.94. The van der Waals surface area contributed by atoms with Gasteiger partial charge in [0.05, 0.1) is 11.1 Å². The van der Waals surface area contributed by atoms with Gasteiger partial charge in [0.25, 0.3) is 5.56 Å². The molecule has 0 spiro atoms. The van der Waals surface area contributed by atoms with Gasteiger partial charge in [-0.25, -0.2) is 9.07 Å². The molecular formula is C21H22FN7O2. The van der Waals surface area contributed by atoms with Crippen LogP contribution in [0.4, 0.5) is 10.2 Å². The van der Waals surface area contributed by atoms with E-state index in [0.717, 1.165) is 4.68 Å². The number of rotatable bonds is 5. The second kappa shape index (κ2) is 7.53. The number of fused-ring (bicyclic) bond motifs is 2. The van der Waals surface area contributed by atoms with Crippen LogP contribution >= 0.6 is 0 Å². The van der Waals surface area contributed by atoms with E-state index in [9.17, 15) is 14.0 Å². The Bertz CT molecular complexity index is 1350. The van der Waals surface area contributed by atoms with Crippen molar-refractivity contribution in [2.24, 2.45) is 0 Å². The Kier molecular flexibility index (Phi) is 5.00. The molecule has 31 heavy (non-hydrogen) atoms. The second-order valence-corrected chi connectivity index (χ2v) is 8.14. The zero-order valence-corrected chi connectivity index (χ0v) is 17.6. The molecule has 0 saturated carbocycles. The molecule has 0 aliphatic heterocycles. The minimum atomic E-state index is -1.55. The normalized spacial score (nSPS) is 12.1. The molecule has 0 radical (unpaired) electrons. The lowest BCUT2D eigenvalue weighted by Gasteiger charge is -2.18. The molecule has 0 bridgehead atoms. The van der Waals surface area contributed by atoms with Gasteiger partial charge in [-0.05, 0) is 49.6 Å². The maximum absolute atomic E-state index is 14.4. The van der Waals surface area contributed by atoms with Crippen molar-refractivity contribution in [1.29, 1.82) is 0 Å². The molecular weight excluding hydrogens is 401 g/mol. The van der Waals surface area contributed by atoms with Crippen LogP contribution in [-0.4, -0.2) is 35.5 Å². The number of hydrogen-bond donors (Lipinski definition) is 1. The number of carbonyl (C=O) groups excluding carboxylic acids is 1. The van der Waals surface area contributed by atoms with E-state index < -0.39 is 17.1 Å². The first-order valence-electron chi connectivity index (χ1n) is 9.84. The summed E-state index contributed by atoms with van der Waals surface area (Å²) in [6.07, 6.45) is 1.42. The lowest BCUT2D eigenvalue weighted by Crippen LogP contribution is -2.31. The van der Waals surface area contributed by atoms with Crippen molar-refractivity contribution in [2.45, 2.75) is 45.8 Å². The molecule has 1 aromatic carbocycles. The first-order chi connectivity index (χ1) is 14.6. The molecule has 0 atom stereocenters. The monoisotopic (exact) mass is 423 g/mol. The van der Waals surface area contributed by atoms with Crippen LogP contribution in [0, 0.1) is 0 Å². The van der Waals surface area contributed by atoms with Gasteiger partial charge in [0, 0.05) is 5.39 Å². The predicted molar refractivity (Wildman–Crippen MR) is 114 cm³/mol. The number of aromatic nitrogens is 6. The summed E-state index contributed by atoms with van der Waals surface area (Å²) in [4.78, 5) is 25.6. The number of benzene rings is 1. The van der Waals surface area contributed by atoms with E-state index >= 15 is 0 Å². The molecule has 0 aliphatic rings. The number of nitrogens with zero attached hydrogens (tertiary/aromatic N) is 6. The highest BCUT2D eigenvalue weighted by atomic mass is 19.1. The standard InChI is InChI=1S/C21H22FN7O2/c1-12(2)19-15-9-13(21(3,4)22)5-6-14(15)20(31)28(27-19)10-18(30)24-16-7-8-17-25-23-11-29(17)26-16/h5-9,11-12H,10H2,1-4H3,(H,24,26,30). The Morgan fingerprint density at radius 2 is 1.94 bits per heavy atom. The van der Waals surface area contributed by atoms with Crippen LogP contribution in [0.15, 0.2) is 41.5 Å². The zero-order valence-electron chi connectivity index (χ0n) is 17.6. The van der Waals surface area contributed by atoms with Crippen molar-refractivity contribution < 1.29 is 9.18 Å². The van der Waals surface area contributed by atoms with Gasteiger partial charge < -0.3 is 5.32 Å². The second-order valence-electron chi connectivity index (χ2n) is 8.14. The van der Waals surface area contributed by atoms with Crippen molar-refractivity contribution in [2.75, 3.05) is 5.32 Å². The lowest BCUT2D eigenvalue weighted by atomic mass is 9.95. The van der Waals surface area contributed by atoms with Crippen molar-refractivity contribution in [3.05, 3.63) is 58.3 Å². The Morgan fingerprint density at radius 1 is 1.16 bits per heavy atom. The minimum Gasteiger partial charge on any atom is -0.308 e. The number of carbonyl (C=O) groups is 1. The predicted octanol–water partition coefficient (Wildman–Crippen LogP) is 2.80. The molecule has 3 aromatic heterocycles. The summed E-state index contributed by atoms with van der Waals surface area (Å²) in [6.45, 7) is 6.51. The van der Waals surface area contributed by atoms with E-state index in [1.165, 1.54) is 24.7 Å². The highest BCUT2D eigenvalue weighted by molar-refractivity contribution is 5.90. The van der Waals surface area contributed by atoms with Gasteiger partial charge in [0.2, 0.25) is 5.91 Å². The van der Waals surface area contributed by atoms with E-state index in [4.69, 9.17) is 0 Å². The first-order valence-corrected chi connectivity index (χ1v) is 9.84. The highest BCUT2D eigenvalue weighted by Crippen LogP contribution is 2.29. The van der Waals surface area contributed by atoms with Crippen LogP contribution < -0.4 is 10.9 Å². The van der Waals surface area contributed by atoms with Gasteiger partial charge in [-0.3, -0.25) is 9.59 Å². The number of hydrogen-bond acceptors (Lipinski definition) is 6. The van der Waals surface area contributed by atoms with E-state index in [1.807, 2.05) is 13.8 Å². The average molecular weight is 423 g/mol. The molecule has 3 heterocycles. The van der Waals surface area contributed by atoms with Crippen molar-refractivity contribution in [3.63, 3.8) is 0 Å². The van der Waals surface area contributed by atoms with Gasteiger partial charge in [-0.1, -0.05) is 19.9 Å². The summed E-state index contributed by atoms with van der Waals surface area (Å²) in [5.41, 5.74) is -0.329. The van der Waals surface area contributed by atoms with Gasteiger partial charge >= 0.3 is 0 Å². The highest BCUT2D eigenvalue weighted by Gasteiger charge is 2.22. The molecule has 0 saturated heterocycles. The van der Waals surface area contributed by atoms with Gasteiger partial charge in [-0.15, -0.1) is 15.3 Å². The summed E-state index contributed by atoms with van der Waals surface area (Å²) in [6, 6.07) is 8.12. The average Bonchev–Trinajstić information content (AvgIpc) is 3.16. The quantitative estimate of drug-likeness (QED) is 0.529. The number of nitrogens with one attached hydrogen (secondary N) is 1. The third-order valence-corrected chi connectivity index (χ3v) is 4.94. The molecule has 1 N–H and O–H groups in total. The maximum atomic E-state index is 14.4. The topological polar surface area (TPSA) is 107 Å². The fourth-order valence-electron chi connectivity index (χ4n) is 3.33. The Labute approximate surface area is 176 Å². The number of anilines is 1. The molecule has 0 aliphatic carbocycles. The van der Waals surface area contributed by atoms with Gasteiger partial charge in [0.15, 0.2) is 11.5 Å². The molecule has 4 aromatic rings. The molecule has 0 unspecified atom stereocenters. The van der Waals surface area contributed by atoms with E-state index in [1.54, 1.807) is 30.3 Å². The van der Waals surface area contributed by atoms with Crippen LogP contribution in [-0.2, 0) is 17.0 Å². The van der Waals surface area contributed by atoms with Crippen LogP contribution in [0.5, 0.6) is 0 Å². The van der Waals surface area contributed by atoms with Gasteiger partial charge in [0.1, 0.15) is 18.5 Å². The number of halogens is 1. The molecule has 4 rings (SSSR count). The Hall–Kier alpha value is -3.69. The van der Waals surface area contributed by atoms with Crippen molar-refractivity contribution in [1.82, 2.24) is 29.6 Å². The lowest BCUT2D eigenvalue weighted by molar-refractivity contribution is -0.117. The van der Waals surface area contributed by atoms with E-state index in [2.05, 4.69) is 25.7 Å². The SMILES string of the molecule is CC(C)c1nn(CC(=O)Nc2ccc3nncn3n2)c(=O)c2ccc(C(C)(C)F)cc12. The fraction of sp³-hybridized carbons (Fsp3) is 0.333. The summed E-state index contributed by atoms with van der Waals surface area (Å²) in [5, 5.41) is 19.8. The van der Waals surface area contributed by atoms with Crippen molar-refractivity contribution >= 4 is 28.1 Å². The van der Waals surface area contributed by atoms with Crippen LogP contribution in [0.3, 0.4) is 0 Å². The van der Waals surface area contributed by atoms with E-state index in [0.29, 0.717) is 33.5 Å². The maximum Gasteiger partial charge on any atom is 0.275 e. The summed E-state index contributed by atoms with van der Waals surface area (Å²) >= 11 is 0. The summed E-state index contributed by atoms with van der Waals surface area (Å²) in [7, 11) is 0. The number of alkyl halides is 1. The number of amides is 1. The first kappa shape index (κ1) is 20.6. The van der Waals surface area contributed by atoms with Crippen LogP contribution in [0.25, 0.3) is 16.4 Å². The van der Waals surface area contributed by atoms with Gasteiger partial charge in [-0.2, -0.15) is 9.61 Å². The van der Waals surface area contributed by atoms with E-state index in [-0.39, 0.29) is 12.5 Å². The smallest absolute Gasteiger partial charge is 0.275 e. The molecule has 160 valence electrons. The Balaban J connectivity index is 1.68. The fourth-order valence-corrected chi connectivity index (χ4v) is 3.33. The largest absolute Gasteiger partial charge is 0.308 e. The van der Waals surface area contributed by atoms with Crippen LogP contribution in [0.1, 0.15) is 44.9 Å². The molecule has 0 fully saturated rings. The summed E-state index contributed by atoms with van der Waals surface area (Å²) < 4.78 is 17.0. The third kappa shape index (κ3) is 4.00. The zero-order chi connectivity index (χ0) is 22.3. The summed E-state index contributed by atoms with van der Waals surface area (Å²) in [5.74, 6) is -0.191. The molecule has 1 amide bonds. The van der Waals surface area contributed by atoms with Crippen LogP contribution in [0.2, 0.25) is 0 Å².